The van der Waals surface area contributed by atoms with E-state index in [-0.39, 0.29) is 38.0 Å². The van der Waals surface area contributed by atoms with E-state index in [9.17, 15) is 14.4 Å². The molecule has 0 aliphatic carbocycles. The summed E-state index contributed by atoms with van der Waals surface area (Å²) in [6, 6.07) is 0. The van der Waals surface area contributed by atoms with Crippen LogP contribution in [0.4, 0.5) is 0 Å². The molecule has 0 amide bonds. The number of allylic oxidation sites excluding steroid dienone is 15. The number of carbonyl (C=O) groups excluding carboxylic acids is 3. The van der Waals surface area contributed by atoms with Gasteiger partial charge in [0.15, 0.2) is 6.10 Å². The van der Waals surface area contributed by atoms with E-state index >= 15 is 0 Å². The van der Waals surface area contributed by atoms with Gasteiger partial charge in [0.1, 0.15) is 13.2 Å². The van der Waals surface area contributed by atoms with E-state index in [0.717, 1.165) is 89.9 Å². The van der Waals surface area contributed by atoms with Gasteiger partial charge >= 0.3 is 17.9 Å². The normalized spacial score (nSPS) is 13.0. The molecule has 0 spiro atoms. The largest absolute Gasteiger partial charge is 0.462 e. The smallest absolute Gasteiger partial charge is 0.309 e. The molecular formula is C50H80O6. The van der Waals surface area contributed by atoms with Crippen molar-refractivity contribution in [2.24, 2.45) is 0 Å². The fourth-order valence-electron chi connectivity index (χ4n) is 5.59. The highest BCUT2D eigenvalue weighted by Gasteiger charge is 2.19. The van der Waals surface area contributed by atoms with Gasteiger partial charge in [0.25, 0.3) is 0 Å². The van der Waals surface area contributed by atoms with Crippen LogP contribution in [0, 0.1) is 0 Å². The number of rotatable bonds is 38. The summed E-state index contributed by atoms with van der Waals surface area (Å²) in [6.45, 7) is 6.25. The second-order valence-electron chi connectivity index (χ2n) is 14.2. The molecule has 0 radical (unpaired) electrons. The van der Waals surface area contributed by atoms with Crippen LogP contribution in [-0.4, -0.2) is 37.2 Å². The molecule has 0 aromatic heterocycles. The number of hydrogen-bond donors (Lipinski definition) is 0. The number of hydrogen-bond acceptors (Lipinski definition) is 6. The molecule has 0 aromatic carbocycles. The summed E-state index contributed by atoms with van der Waals surface area (Å²) in [7, 11) is 0. The van der Waals surface area contributed by atoms with Gasteiger partial charge in [-0.3, -0.25) is 14.4 Å². The molecule has 0 N–H and O–H groups in total. The Hall–Kier alpha value is -3.67. The Morgan fingerprint density at radius 1 is 0.393 bits per heavy atom. The number of ether oxygens (including phenoxy) is 3. The molecule has 0 saturated heterocycles. The molecule has 1 unspecified atom stereocenters. The first kappa shape index (κ1) is 52.3. The summed E-state index contributed by atoms with van der Waals surface area (Å²) in [5, 5.41) is 0. The first-order valence-electron chi connectivity index (χ1n) is 22.2. The van der Waals surface area contributed by atoms with E-state index < -0.39 is 12.1 Å². The van der Waals surface area contributed by atoms with Crippen LogP contribution in [0.5, 0.6) is 0 Å². The molecule has 6 nitrogen and oxygen atoms in total. The Labute approximate surface area is 343 Å². The number of carbonyl (C=O) groups is 3. The molecule has 56 heavy (non-hydrogen) atoms. The van der Waals surface area contributed by atoms with Crippen molar-refractivity contribution in [3.05, 3.63) is 97.2 Å². The van der Waals surface area contributed by atoms with Crippen LogP contribution in [0.3, 0.4) is 0 Å². The van der Waals surface area contributed by atoms with Crippen LogP contribution in [-0.2, 0) is 28.6 Å². The Morgan fingerprint density at radius 2 is 0.768 bits per heavy atom. The van der Waals surface area contributed by atoms with Gasteiger partial charge < -0.3 is 14.2 Å². The lowest BCUT2D eigenvalue weighted by Crippen LogP contribution is -2.30. The Morgan fingerprint density at radius 3 is 1.25 bits per heavy atom. The zero-order valence-electron chi connectivity index (χ0n) is 35.9. The zero-order valence-corrected chi connectivity index (χ0v) is 35.9. The van der Waals surface area contributed by atoms with Gasteiger partial charge in [0.2, 0.25) is 0 Å². The third-order valence-corrected chi connectivity index (χ3v) is 8.87. The van der Waals surface area contributed by atoms with Crippen molar-refractivity contribution in [1.29, 1.82) is 0 Å². The highest BCUT2D eigenvalue weighted by atomic mass is 16.6. The number of esters is 3. The van der Waals surface area contributed by atoms with Gasteiger partial charge in [-0.1, -0.05) is 182 Å². The minimum Gasteiger partial charge on any atom is -0.462 e. The van der Waals surface area contributed by atoms with E-state index in [2.05, 4.69) is 106 Å². The molecule has 6 heteroatoms. The molecule has 0 heterocycles. The molecule has 1 atom stereocenters. The lowest BCUT2D eigenvalue weighted by atomic mass is 10.1. The van der Waals surface area contributed by atoms with Crippen LogP contribution in [0.25, 0.3) is 0 Å². The van der Waals surface area contributed by atoms with Crippen LogP contribution < -0.4 is 0 Å². The summed E-state index contributed by atoms with van der Waals surface area (Å²) in [5.74, 6) is -1.10. The van der Waals surface area contributed by atoms with E-state index in [0.29, 0.717) is 12.8 Å². The highest BCUT2D eigenvalue weighted by molar-refractivity contribution is 5.72. The molecule has 0 fully saturated rings. The summed E-state index contributed by atoms with van der Waals surface area (Å²) >= 11 is 0. The highest BCUT2D eigenvalue weighted by Crippen LogP contribution is 2.12. The topological polar surface area (TPSA) is 78.9 Å². The second kappa shape index (κ2) is 44.0. The van der Waals surface area contributed by atoms with Crippen molar-refractivity contribution < 1.29 is 28.6 Å². The maximum absolute atomic E-state index is 12.7. The van der Waals surface area contributed by atoms with Gasteiger partial charge in [-0.15, -0.1) is 0 Å². The molecule has 316 valence electrons. The minimum absolute atomic E-state index is 0.119. The van der Waals surface area contributed by atoms with Crippen molar-refractivity contribution >= 4 is 17.9 Å². The first-order chi connectivity index (χ1) is 27.5. The van der Waals surface area contributed by atoms with E-state index in [4.69, 9.17) is 14.2 Å². The van der Waals surface area contributed by atoms with Crippen molar-refractivity contribution in [2.75, 3.05) is 13.2 Å². The summed E-state index contributed by atoms with van der Waals surface area (Å²) in [4.78, 5) is 37.6. The van der Waals surface area contributed by atoms with E-state index in [1.54, 1.807) is 6.08 Å². The minimum atomic E-state index is -0.829. The van der Waals surface area contributed by atoms with Crippen molar-refractivity contribution in [3.8, 4) is 0 Å². The van der Waals surface area contributed by atoms with Crippen molar-refractivity contribution in [3.63, 3.8) is 0 Å². The Balaban J connectivity index is 4.58. The standard InChI is InChI=1S/C50H80O6/c1-4-7-10-13-16-19-22-24-25-27-28-31-34-37-40-43-49(52)55-46-47(45-54-48(51)42-39-36-33-30-21-18-15-12-9-6-3)56-50(53)44-41-38-35-32-29-26-23-20-17-14-11-8-5-2/h7-8,10-11,16-17,19-20,24-26,28-29,31,37,40,47H,4-6,9,12-15,18,21-23,27,30,32-36,38-39,41-46H2,1-3H3/b10-7-,11-8-,19-16-,20-17-,25-24-,29-26-,31-28-,40-37-. The molecular weight excluding hydrogens is 697 g/mol. The van der Waals surface area contributed by atoms with Crippen molar-refractivity contribution in [1.82, 2.24) is 0 Å². The van der Waals surface area contributed by atoms with E-state index in [1.807, 2.05) is 6.08 Å². The molecule has 0 aliphatic rings. The monoisotopic (exact) mass is 777 g/mol. The van der Waals surface area contributed by atoms with Crippen LogP contribution in [0.15, 0.2) is 97.2 Å². The summed E-state index contributed by atoms with van der Waals surface area (Å²) in [5.41, 5.74) is 0. The second-order valence-corrected chi connectivity index (χ2v) is 14.2. The van der Waals surface area contributed by atoms with Crippen molar-refractivity contribution in [2.45, 2.75) is 187 Å². The molecule has 0 rings (SSSR count). The zero-order chi connectivity index (χ0) is 40.8. The first-order valence-corrected chi connectivity index (χ1v) is 22.2. The maximum Gasteiger partial charge on any atom is 0.309 e. The third-order valence-electron chi connectivity index (χ3n) is 8.87. The predicted octanol–water partition coefficient (Wildman–Crippen LogP) is 14.2. The Kier molecular flexibility index (Phi) is 41.2. The summed E-state index contributed by atoms with van der Waals surface area (Å²) in [6.07, 6.45) is 57.0. The van der Waals surface area contributed by atoms with E-state index in [1.165, 1.54) is 44.9 Å². The SMILES string of the molecule is CC/C=C\C/C=C\C/C=C\C/C=C\C/C=C\CC(=O)OCC(COC(=O)CCCCCCCCCCCC)OC(=O)CCCCC/C=C\C/C=C\C/C=C\CC. The average Bonchev–Trinajstić information content (AvgIpc) is 3.19. The molecule has 0 saturated carbocycles. The van der Waals surface area contributed by atoms with Crippen LogP contribution in [0.2, 0.25) is 0 Å². The fraction of sp³-hybridized carbons (Fsp3) is 0.620. The van der Waals surface area contributed by atoms with Crippen LogP contribution >= 0.6 is 0 Å². The number of unbranched alkanes of at least 4 members (excludes halogenated alkanes) is 12. The van der Waals surface area contributed by atoms with Gasteiger partial charge in [-0.25, -0.2) is 0 Å². The van der Waals surface area contributed by atoms with Gasteiger partial charge in [0, 0.05) is 12.8 Å². The molecule has 0 bridgehead atoms. The van der Waals surface area contributed by atoms with Crippen LogP contribution in [0.1, 0.15) is 181 Å². The summed E-state index contributed by atoms with van der Waals surface area (Å²) < 4.78 is 16.5. The lowest BCUT2D eigenvalue weighted by molar-refractivity contribution is -0.166. The van der Waals surface area contributed by atoms with Gasteiger partial charge in [0.05, 0.1) is 6.42 Å². The van der Waals surface area contributed by atoms with Gasteiger partial charge in [-0.2, -0.15) is 0 Å². The third kappa shape index (κ3) is 41.5. The lowest BCUT2D eigenvalue weighted by Gasteiger charge is -2.18. The van der Waals surface area contributed by atoms with Gasteiger partial charge in [-0.05, 0) is 77.0 Å². The average molecular weight is 777 g/mol. The molecule has 0 aliphatic heterocycles. The fourth-order valence-corrected chi connectivity index (χ4v) is 5.59. The maximum atomic E-state index is 12.7. The molecule has 0 aromatic rings. The quantitative estimate of drug-likeness (QED) is 0.0269. The Bertz CT molecular complexity index is 1170. The predicted molar refractivity (Wildman–Crippen MR) is 237 cm³/mol.